The molecule has 0 heterocycles. The molecule has 2 nitrogen and oxygen atoms in total. The van der Waals surface area contributed by atoms with Crippen molar-refractivity contribution in [3.05, 3.63) is 12.2 Å². The fourth-order valence-electron chi connectivity index (χ4n) is 3.81. The smallest absolute Gasteiger partial charge is 0.157 e. The first-order chi connectivity index (χ1) is 15.3. The molecule has 3 heteroatoms. The molecule has 0 aliphatic heterocycles. The van der Waals surface area contributed by atoms with Gasteiger partial charge in [0.1, 0.15) is 0 Å². The second-order valence-corrected chi connectivity index (χ2v) is 9.79. The molecule has 186 valence electrons. The highest BCUT2D eigenvalue weighted by Crippen LogP contribution is 2.14. The summed E-state index contributed by atoms with van der Waals surface area (Å²) in [4.78, 5) is 0. The van der Waals surface area contributed by atoms with Gasteiger partial charge in [0.05, 0.1) is 0 Å². The average Bonchev–Trinajstić information content (AvgIpc) is 2.78. The second-order valence-electron chi connectivity index (χ2n) is 9.00. The van der Waals surface area contributed by atoms with Crippen molar-refractivity contribution >= 4 is 15.9 Å². The molecular weight excluding hydrogens is 448 g/mol. The van der Waals surface area contributed by atoms with Crippen LogP contribution in [0, 0.1) is 0 Å². The predicted octanol–water partition coefficient (Wildman–Crippen LogP) is 10.1. The van der Waals surface area contributed by atoms with E-state index in [0.29, 0.717) is 0 Å². The monoisotopic (exact) mass is 502 g/mol. The van der Waals surface area contributed by atoms with E-state index in [1.165, 1.54) is 116 Å². The van der Waals surface area contributed by atoms with Crippen LogP contribution in [0.2, 0.25) is 0 Å². The molecule has 0 rings (SSSR count). The summed E-state index contributed by atoms with van der Waals surface area (Å²) in [6.07, 6.45) is 30.5. The van der Waals surface area contributed by atoms with Crippen LogP contribution in [-0.2, 0) is 9.47 Å². The first-order valence-corrected chi connectivity index (χ1v) is 14.9. The number of rotatable bonds is 26. The van der Waals surface area contributed by atoms with Gasteiger partial charge in [0.15, 0.2) is 6.29 Å². The van der Waals surface area contributed by atoms with Gasteiger partial charge < -0.3 is 9.47 Å². The number of hydrogen-bond acceptors (Lipinski definition) is 2. The van der Waals surface area contributed by atoms with Gasteiger partial charge in [-0.15, -0.1) is 0 Å². The summed E-state index contributed by atoms with van der Waals surface area (Å²) in [5, 5.41) is 1.08. The summed E-state index contributed by atoms with van der Waals surface area (Å²) in [5.74, 6) is 0. The Hall–Kier alpha value is 0.140. The fourth-order valence-corrected chi connectivity index (χ4v) is 4.08. The molecular formula is C28H55BrO2. The minimum absolute atomic E-state index is 0.0264. The first kappa shape index (κ1) is 31.1. The molecule has 0 amide bonds. The molecule has 0 N–H and O–H groups in total. The SMILES string of the molecule is CCCCCCCCOC(CCCCCCC/C=C/CCBr)OCCCCCCCC. The van der Waals surface area contributed by atoms with Crippen molar-refractivity contribution in [3.63, 3.8) is 0 Å². The molecule has 0 aliphatic carbocycles. The van der Waals surface area contributed by atoms with E-state index in [9.17, 15) is 0 Å². The Kier molecular flexibility index (Phi) is 28.3. The molecule has 0 spiro atoms. The molecule has 0 unspecified atom stereocenters. The Balaban J connectivity index is 3.84. The molecule has 0 fully saturated rings. The van der Waals surface area contributed by atoms with Crippen LogP contribution in [0.25, 0.3) is 0 Å². The Bertz CT molecular complexity index is 328. The summed E-state index contributed by atoms with van der Waals surface area (Å²) >= 11 is 3.46. The Labute approximate surface area is 204 Å². The second kappa shape index (κ2) is 28.2. The van der Waals surface area contributed by atoms with E-state index in [4.69, 9.17) is 9.47 Å². The normalized spacial score (nSPS) is 11.9. The highest BCUT2D eigenvalue weighted by Gasteiger charge is 2.09. The number of hydrogen-bond donors (Lipinski definition) is 0. The van der Waals surface area contributed by atoms with Gasteiger partial charge in [0, 0.05) is 18.5 Å². The van der Waals surface area contributed by atoms with Gasteiger partial charge in [-0.2, -0.15) is 0 Å². The van der Waals surface area contributed by atoms with E-state index in [-0.39, 0.29) is 6.29 Å². The fraction of sp³-hybridized carbons (Fsp3) is 0.929. The zero-order valence-electron chi connectivity index (χ0n) is 21.2. The lowest BCUT2D eigenvalue weighted by atomic mass is 10.1. The van der Waals surface area contributed by atoms with Gasteiger partial charge in [0.2, 0.25) is 0 Å². The number of alkyl halides is 1. The average molecular weight is 504 g/mol. The lowest BCUT2D eigenvalue weighted by Gasteiger charge is -2.19. The Morgan fingerprint density at radius 3 is 1.55 bits per heavy atom. The van der Waals surface area contributed by atoms with Gasteiger partial charge >= 0.3 is 0 Å². The number of unbranched alkanes of at least 4 members (excludes halogenated alkanes) is 15. The summed E-state index contributed by atoms with van der Waals surface area (Å²) < 4.78 is 12.3. The van der Waals surface area contributed by atoms with E-state index in [0.717, 1.165) is 31.4 Å². The van der Waals surface area contributed by atoms with Crippen LogP contribution < -0.4 is 0 Å². The highest BCUT2D eigenvalue weighted by atomic mass is 79.9. The maximum atomic E-state index is 6.14. The van der Waals surface area contributed by atoms with Crippen LogP contribution in [0.3, 0.4) is 0 Å². The third kappa shape index (κ3) is 26.3. The lowest BCUT2D eigenvalue weighted by Crippen LogP contribution is -2.19. The van der Waals surface area contributed by atoms with Crippen molar-refractivity contribution in [1.29, 1.82) is 0 Å². The molecule has 0 bridgehead atoms. The molecule has 0 radical (unpaired) electrons. The summed E-state index contributed by atoms with van der Waals surface area (Å²) in [5.41, 5.74) is 0. The van der Waals surface area contributed by atoms with Crippen LogP contribution in [0.1, 0.15) is 142 Å². The number of allylic oxidation sites excluding steroid dienone is 2. The van der Waals surface area contributed by atoms with Crippen LogP contribution in [0.15, 0.2) is 12.2 Å². The molecule has 0 aliphatic rings. The number of ether oxygens (including phenoxy) is 2. The molecule has 0 atom stereocenters. The zero-order chi connectivity index (χ0) is 22.7. The maximum Gasteiger partial charge on any atom is 0.157 e. The van der Waals surface area contributed by atoms with E-state index in [2.05, 4.69) is 41.9 Å². The number of halogens is 1. The van der Waals surface area contributed by atoms with Crippen LogP contribution >= 0.6 is 15.9 Å². The standard InChI is InChI=1S/C28H55BrO2/c1-3-5-7-9-18-22-26-30-28(31-27-23-19-10-8-6-4-2)24-20-16-14-12-11-13-15-17-21-25-29/h15,17,28H,3-14,16,18-27H2,1-2H3/b17-15+. The third-order valence-corrected chi connectivity index (χ3v) is 6.31. The molecule has 0 saturated carbocycles. The van der Waals surface area contributed by atoms with Crippen molar-refractivity contribution in [2.45, 2.75) is 149 Å². The molecule has 0 aromatic heterocycles. The maximum absolute atomic E-state index is 6.14. The van der Waals surface area contributed by atoms with E-state index >= 15 is 0 Å². The molecule has 0 aromatic rings. The third-order valence-electron chi connectivity index (χ3n) is 5.86. The van der Waals surface area contributed by atoms with Crippen molar-refractivity contribution in [2.75, 3.05) is 18.5 Å². The largest absolute Gasteiger partial charge is 0.353 e. The zero-order valence-corrected chi connectivity index (χ0v) is 22.8. The topological polar surface area (TPSA) is 18.5 Å². The summed E-state index contributed by atoms with van der Waals surface area (Å²) in [7, 11) is 0. The van der Waals surface area contributed by atoms with E-state index in [1.54, 1.807) is 0 Å². The van der Waals surface area contributed by atoms with Crippen molar-refractivity contribution in [1.82, 2.24) is 0 Å². The van der Waals surface area contributed by atoms with Crippen molar-refractivity contribution in [3.8, 4) is 0 Å². The first-order valence-electron chi connectivity index (χ1n) is 13.8. The van der Waals surface area contributed by atoms with E-state index in [1.807, 2.05) is 0 Å². The van der Waals surface area contributed by atoms with Gasteiger partial charge in [-0.1, -0.05) is 125 Å². The molecule has 0 aromatic carbocycles. The van der Waals surface area contributed by atoms with E-state index < -0.39 is 0 Å². The van der Waals surface area contributed by atoms with Gasteiger partial charge in [-0.25, -0.2) is 0 Å². The molecule has 31 heavy (non-hydrogen) atoms. The van der Waals surface area contributed by atoms with Gasteiger partial charge in [-0.05, 0) is 44.9 Å². The van der Waals surface area contributed by atoms with Crippen molar-refractivity contribution < 1.29 is 9.47 Å². The predicted molar refractivity (Wildman–Crippen MR) is 142 cm³/mol. The van der Waals surface area contributed by atoms with Crippen LogP contribution in [-0.4, -0.2) is 24.8 Å². The van der Waals surface area contributed by atoms with Crippen LogP contribution in [0.5, 0.6) is 0 Å². The minimum Gasteiger partial charge on any atom is -0.353 e. The highest BCUT2D eigenvalue weighted by molar-refractivity contribution is 9.09. The quantitative estimate of drug-likeness (QED) is 0.0506. The van der Waals surface area contributed by atoms with Gasteiger partial charge in [0.25, 0.3) is 0 Å². The lowest BCUT2D eigenvalue weighted by molar-refractivity contribution is -0.148. The summed E-state index contributed by atoms with van der Waals surface area (Å²) in [6.45, 7) is 6.29. The Morgan fingerprint density at radius 1 is 0.548 bits per heavy atom. The Morgan fingerprint density at radius 2 is 1.00 bits per heavy atom. The van der Waals surface area contributed by atoms with Gasteiger partial charge in [-0.3, -0.25) is 0 Å². The van der Waals surface area contributed by atoms with Crippen LogP contribution in [0.4, 0.5) is 0 Å². The van der Waals surface area contributed by atoms with Crippen molar-refractivity contribution in [2.24, 2.45) is 0 Å². The summed E-state index contributed by atoms with van der Waals surface area (Å²) in [6, 6.07) is 0. The minimum atomic E-state index is 0.0264. The molecule has 0 saturated heterocycles.